The fraction of sp³-hybridized carbons (Fsp3) is 0.917. The SMILES string of the molecule is O=C(O)CNC1CCN(CCN2CCOCC2)C1. The lowest BCUT2D eigenvalue weighted by Crippen LogP contribution is -2.42. The van der Waals surface area contributed by atoms with E-state index in [0.29, 0.717) is 6.04 Å². The van der Waals surface area contributed by atoms with Gasteiger partial charge in [0.25, 0.3) is 0 Å². The summed E-state index contributed by atoms with van der Waals surface area (Å²) in [5.74, 6) is -0.776. The zero-order valence-electron chi connectivity index (χ0n) is 10.8. The van der Waals surface area contributed by atoms with E-state index in [-0.39, 0.29) is 6.54 Å². The number of carbonyl (C=O) groups is 1. The number of carboxylic acids is 1. The van der Waals surface area contributed by atoms with Crippen molar-refractivity contribution in [2.24, 2.45) is 0 Å². The molecule has 2 rings (SSSR count). The van der Waals surface area contributed by atoms with E-state index in [9.17, 15) is 4.79 Å². The normalized spacial score (nSPS) is 26.6. The highest BCUT2D eigenvalue weighted by Gasteiger charge is 2.22. The summed E-state index contributed by atoms with van der Waals surface area (Å²) in [6.07, 6.45) is 1.05. The lowest BCUT2D eigenvalue weighted by Gasteiger charge is -2.28. The van der Waals surface area contributed by atoms with E-state index in [2.05, 4.69) is 15.1 Å². The standard InChI is InChI=1S/C12H23N3O3/c16-12(17)9-13-11-1-2-15(10-11)4-3-14-5-7-18-8-6-14/h11,13H,1-10H2,(H,16,17). The summed E-state index contributed by atoms with van der Waals surface area (Å²) in [6.45, 7) is 8.05. The summed E-state index contributed by atoms with van der Waals surface area (Å²) in [4.78, 5) is 15.3. The number of hydrogen-bond donors (Lipinski definition) is 2. The smallest absolute Gasteiger partial charge is 0.317 e. The summed E-state index contributed by atoms with van der Waals surface area (Å²) < 4.78 is 5.32. The third kappa shape index (κ3) is 4.53. The fourth-order valence-corrected chi connectivity index (χ4v) is 2.54. The Balaban J connectivity index is 1.58. The van der Waals surface area contributed by atoms with Crippen LogP contribution in [0.1, 0.15) is 6.42 Å². The van der Waals surface area contributed by atoms with Gasteiger partial charge in [-0.3, -0.25) is 9.69 Å². The molecule has 18 heavy (non-hydrogen) atoms. The van der Waals surface area contributed by atoms with Crippen molar-refractivity contribution in [3.63, 3.8) is 0 Å². The van der Waals surface area contributed by atoms with E-state index >= 15 is 0 Å². The highest BCUT2D eigenvalue weighted by molar-refractivity contribution is 5.69. The summed E-state index contributed by atoms with van der Waals surface area (Å²) in [5, 5.41) is 11.7. The summed E-state index contributed by atoms with van der Waals surface area (Å²) >= 11 is 0. The number of hydrogen-bond acceptors (Lipinski definition) is 5. The number of ether oxygens (including phenoxy) is 1. The molecule has 104 valence electrons. The first kappa shape index (κ1) is 13.7. The molecule has 2 heterocycles. The molecule has 0 aromatic carbocycles. The number of aliphatic carboxylic acids is 1. The molecule has 2 N–H and O–H groups in total. The van der Waals surface area contributed by atoms with Gasteiger partial charge in [0.15, 0.2) is 0 Å². The maximum atomic E-state index is 10.5. The van der Waals surface area contributed by atoms with Crippen LogP contribution in [0.5, 0.6) is 0 Å². The first-order valence-electron chi connectivity index (χ1n) is 6.71. The minimum Gasteiger partial charge on any atom is -0.480 e. The van der Waals surface area contributed by atoms with Crippen molar-refractivity contribution in [2.45, 2.75) is 12.5 Å². The molecule has 6 heteroatoms. The van der Waals surface area contributed by atoms with Gasteiger partial charge in [-0.05, 0) is 13.0 Å². The van der Waals surface area contributed by atoms with E-state index in [1.807, 2.05) is 0 Å². The van der Waals surface area contributed by atoms with Crippen LogP contribution in [0.4, 0.5) is 0 Å². The van der Waals surface area contributed by atoms with Crippen molar-refractivity contribution in [3.8, 4) is 0 Å². The van der Waals surface area contributed by atoms with E-state index in [4.69, 9.17) is 9.84 Å². The second-order valence-electron chi connectivity index (χ2n) is 5.01. The van der Waals surface area contributed by atoms with Crippen molar-refractivity contribution < 1.29 is 14.6 Å². The average molecular weight is 257 g/mol. The van der Waals surface area contributed by atoms with E-state index in [1.54, 1.807) is 0 Å². The Morgan fingerprint density at radius 1 is 1.22 bits per heavy atom. The molecule has 2 saturated heterocycles. The highest BCUT2D eigenvalue weighted by Crippen LogP contribution is 2.09. The molecule has 0 radical (unpaired) electrons. The summed E-state index contributed by atoms with van der Waals surface area (Å²) in [7, 11) is 0. The van der Waals surface area contributed by atoms with Crippen molar-refractivity contribution in [1.82, 2.24) is 15.1 Å². The van der Waals surface area contributed by atoms with Crippen molar-refractivity contribution >= 4 is 5.97 Å². The van der Waals surface area contributed by atoms with E-state index < -0.39 is 5.97 Å². The van der Waals surface area contributed by atoms with Gasteiger partial charge in [0.1, 0.15) is 0 Å². The number of morpholine rings is 1. The second-order valence-corrected chi connectivity index (χ2v) is 5.01. The molecule has 6 nitrogen and oxygen atoms in total. The largest absolute Gasteiger partial charge is 0.480 e. The van der Waals surface area contributed by atoms with Gasteiger partial charge in [-0.25, -0.2) is 0 Å². The lowest BCUT2D eigenvalue weighted by molar-refractivity contribution is -0.136. The van der Waals surface area contributed by atoms with Crippen LogP contribution in [0.15, 0.2) is 0 Å². The van der Waals surface area contributed by atoms with Gasteiger partial charge in [0.05, 0.1) is 19.8 Å². The van der Waals surface area contributed by atoms with Crippen LogP contribution in [0.3, 0.4) is 0 Å². The summed E-state index contributed by atoms with van der Waals surface area (Å²) in [6, 6.07) is 0.339. The molecule has 2 aliphatic heterocycles. The first-order chi connectivity index (χ1) is 8.74. The Morgan fingerprint density at radius 3 is 2.67 bits per heavy atom. The second kappa shape index (κ2) is 7.04. The molecule has 2 fully saturated rings. The van der Waals surface area contributed by atoms with Gasteiger partial charge in [-0.2, -0.15) is 0 Å². The number of nitrogens with zero attached hydrogens (tertiary/aromatic N) is 2. The number of nitrogens with one attached hydrogen (secondary N) is 1. The maximum absolute atomic E-state index is 10.5. The van der Waals surface area contributed by atoms with Gasteiger partial charge in [-0.1, -0.05) is 0 Å². The minimum atomic E-state index is -0.776. The zero-order chi connectivity index (χ0) is 12.8. The molecule has 1 unspecified atom stereocenters. The molecule has 0 aromatic heterocycles. The van der Waals surface area contributed by atoms with Crippen molar-refractivity contribution in [2.75, 3.05) is 59.0 Å². The Morgan fingerprint density at radius 2 is 1.94 bits per heavy atom. The van der Waals surface area contributed by atoms with Crippen LogP contribution >= 0.6 is 0 Å². The van der Waals surface area contributed by atoms with Gasteiger partial charge in [0.2, 0.25) is 0 Å². The quantitative estimate of drug-likeness (QED) is 0.641. The van der Waals surface area contributed by atoms with Gasteiger partial charge in [0, 0.05) is 38.8 Å². The molecule has 0 bridgehead atoms. The molecular formula is C12H23N3O3. The predicted octanol–water partition coefficient (Wildman–Crippen LogP) is -0.933. The average Bonchev–Trinajstić information content (AvgIpc) is 2.83. The topological polar surface area (TPSA) is 65.0 Å². The number of carboxylic acid groups (broad SMARTS) is 1. The number of rotatable bonds is 6. The molecule has 0 saturated carbocycles. The minimum absolute atomic E-state index is 0.0714. The Hall–Kier alpha value is -0.690. The molecule has 2 aliphatic rings. The molecule has 0 aliphatic carbocycles. The first-order valence-corrected chi connectivity index (χ1v) is 6.71. The zero-order valence-corrected chi connectivity index (χ0v) is 10.8. The molecule has 0 amide bonds. The number of likely N-dealkylation sites (tertiary alicyclic amines) is 1. The maximum Gasteiger partial charge on any atom is 0.317 e. The van der Waals surface area contributed by atoms with Crippen LogP contribution in [-0.4, -0.2) is 85.9 Å². The Bertz CT molecular complexity index is 269. The van der Waals surface area contributed by atoms with E-state index in [1.165, 1.54) is 0 Å². The third-order valence-corrected chi connectivity index (χ3v) is 3.65. The van der Waals surface area contributed by atoms with E-state index in [0.717, 1.165) is 58.9 Å². The highest BCUT2D eigenvalue weighted by atomic mass is 16.5. The van der Waals surface area contributed by atoms with Crippen molar-refractivity contribution in [1.29, 1.82) is 0 Å². The van der Waals surface area contributed by atoms with Gasteiger partial charge >= 0.3 is 5.97 Å². The lowest BCUT2D eigenvalue weighted by atomic mass is 10.2. The summed E-state index contributed by atoms with van der Waals surface area (Å²) in [5.41, 5.74) is 0. The molecule has 0 spiro atoms. The van der Waals surface area contributed by atoms with Crippen LogP contribution in [0.2, 0.25) is 0 Å². The predicted molar refractivity (Wildman–Crippen MR) is 67.7 cm³/mol. The monoisotopic (exact) mass is 257 g/mol. The van der Waals surface area contributed by atoms with Crippen molar-refractivity contribution in [3.05, 3.63) is 0 Å². The van der Waals surface area contributed by atoms with Crippen LogP contribution in [-0.2, 0) is 9.53 Å². The van der Waals surface area contributed by atoms with Gasteiger partial charge < -0.3 is 20.1 Å². The molecule has 1 atom stereocenters. The van der Waals surface area contributed by atoms with Crippen LogP contribution in [0.25, 0.3) is 0 Å². The van der Waals surface area contributed by atoms with Crippen LogP contribution < -0.4 is 5.32 Å². The molecule has 0 aromatic rings. The Kier molecular flexibility index (Phi) is 5.37. The van der Waals surface area contributed by atoms with Crippen LogP contribution in [0, 0.1) is 0 Å². The third-order valence-electron chi connectivity index (χ3n) is 3.65. The molecular weight excluding hydrogens is 234 g/mol. The van der Waals surface area contributed by atoms with Gasteiger partial charge in [-0.15, -0.1) is 0 Å². The fourth-order valence-electron chi connectivity index (χ4n) is 2.54. The Labute approximate surface area is 108 Å².